The summed E-state index contributed by atoms with van der Waals surface area (Å²) < 4.78 is 6.59. The molecule has 0 spiro atoms. The third kappa shape index (κ3) is 3.19. The van der Waals surface area contributed by atoms with Crippen LogP contribution in [0.25, 0.3) is 0 Å². The number of nitrogens with one attached hydrogen (secondary N) is 1. The van der Waals surface area contributed by atoms with E-state index in [-0.39, 0.29) is 12.0 Å². The lowest BCUT2D eigenvalue weighted by Gasteiger charge is -2.12. The maximum Gasteiger partial charge on any atom is 0.251 e. The fourth-order valence-electron chi connectivity index (χ4n) is 1.96. The van der Waals surface area contributed by atoms with Crippen molar-refractivity contribution in [1.29, 1.82) is 0 Å². The van der Waals surface area contributed by atoms with Gasteiger partial charge in [0.2, 0.25) is 0 Å². The van der Waals surface area contributed by atoms with Gasteiger partial charge >= 0.3 is 0 Å². The molecule has 0 bridgehead atoms. The largest absolute Gasteiger partial charge is 0.376 e. The second-order valence-corrected chi connectivity index (χ2v) is 5.42. The standard InChI is InChI=1S/C13H16INO2/c1-9-11(5-2-6-12(9)14)13(16)15-8-10-4-3-7-17-10/h2,5-6,10H,3-4,7-8H2,1H3,(H,15,16). The summed E-state index contributed by atoms with van der Waals surface area (Å²) in [5, 5.41) is 2.94. The van der Waals surface area contributed by atoms with E-state index in [9.17, 15) is 4.79 Å². The Morgan fingerprint density at radius 1 is 1.59 bits per heavy atom. The van der Waals surface area contributed by atoms with Gasteiger partial charge in [0.1, 0.15) is 0 Å². The summed E-state index contributed by atoms with van der Waals surface area (Å²) in [6.07, 6.45) is 2.34. The molecule has 1 aromatic rings. The van der Waals surface area contributed by atoms with Crippen molar-refractivity contribution in [2.24, 2.45) is 0 Å². The average Bonchev–Trinajstić information content (AvgIpc) is 2.82. The van der Waals surface area contributed by atoms with Gasteiger partial charge in [-0.3, -0.25) is 4.79 Å². The molecule has 1 amide bonds. The maximum atomic E-state index is 12.0. The molecule has 1 N–H and O–H groups in total. The summed E-state index contributed by atoms with van der Waals surface area (Å²) in [6, 6.07) is 5.78. The highest BCUT2D eigenvalue weighted by Crippen LogP contribution is 2.16. The number of benzene rings is 1. The van der Waals surface area contributed by atoms with Crippen LogP contribution in [-0.4, -0.2) is 25.2 Å². The molecule has 1 aliphatic heterocycles. The molecule has 1 aromatic carbocycles. The van der Waals surface area contributed by atoms with E-state index in [1.165, 1.54) is 0 Å². The summed E-state index contributed by atoms with van der Waals surface area (Å²) in [4.78, 5) is 12.0. The average molecular weight is 345 g/mol. The van der Waals surface area contributed by atoms with Crippen molar-refractivity contribution in [1.82, 2.24) is 5.32 Å². The van der Waals surface area contributed by atoms with Gasteiger partial charge in [0, 0.05) is 22.3 Å². The van der Waals surface area contributed by atoms with Crippen LogP contribution in [-0.2, 0) is 4.74 Å². The van der Waals surface area contributed by atoms with Crippen molar-refractivity contribution in [3.8, 4) is 0 Å². The van der Waals surface area contributed by atoms with E-state index >= 15 is 0 Å². The van der Waals surface area contributed by atoms with Crippen LogP contribution in [0.4, 0.5) is 0 Å². The normalized spacial score (nSPS) is 19.3. The molecule has 17 heavy (non-hydrogen) atoms. The molecule has 0 saturated carbocycles. The van der Waals surface area contributed by atoms with Crippen LogP contribution in [0.2, 0.25) is 0 Å². The lowest BCUT2D eigenvalue weighted by molar-refractivity contribution is 0.0857. The van der Waals surface area contributed by atoms with Crippen LogP contribution in [0.5, 0.6) is 0 Å². The van der Waals surface area contributed by atoms with Gasteiger partial charge in [-0.25, -0.2) is 0 Å². The summed E-state index contributed by atoms with van der Waals surface area (Å²) >= 11 is 2.25. The zero-order valence-electron chi connectivity index (χ0n) is 9.83. The third-order valence-electron chi connectivity index (χ3n) is 3.03. The maximum absolute atomic E-state index is 12.0. The number of amides is 1. The number of hydrogen-bond acceptors (Lipinski definition) is 2. The Morgan fingerprint density at radius 3 is 3.12 bits per heavy atom. The number of carbonyl (C=O) groups excluding carboxylic acids is 1. The van der Waals surface area contributed by atoms with E-state index in [0.29, 0.717) is 6.54 Å². The second-order valence-electron chi connectivity index (χ2n) is 4.26. The summed E-state index contributed by atoms with van der Waals surface area (Å²) in [5.74, 6) is -0.00323. The number of ether oxygens (including phenoxy) is 1. The first-order valence-electron chi connectivity index (χ1n) is 5.83. The Hall–Kier alpha value is -0.620. The topological polar surface area (TPSA) is 38.3 Å². The van der Waals surface area contributed by atoms with Crippen molar-refractivity contribution >= 4 is 28.5 Å². The monoisotopic (exact) mass is 345 g/mol. The first kappa shape index (κ1) is 12.8. The SMILES string of the molecule is Cc1c(I)cccc1C(=O)NCC1CCCO1. The highest BCUT2D eigenvalue weighted by molar-refractivity contribution is 14.1. The Bertz CT molecular complexity index is 414. The molecule has 1 heterocycles. The van der Waals surface area contributed by atoms with Gasteiger partial charge in [0.05, 0.1) is 6.10 Å². The third-order valence-corrected chi connectivity index (χ3v) is 4.20. The van der Waals surface area contributed by atoms with Gasteiger partial charge in [-0.05, 0) is 60.1 Å². The molecule has 1 fully saturated rings. The quantitative estimate of drug-likeness (QED) is 0.855. The van der Waals surface area contributed by atoms with Crippen LogP contribution >= 0.6 is 22.6 Å². The van der Waals surface area contributed by atoms with Crippen molar-refractivity contribution in [2.45, 2.75) is 25.9 Å². The smallest absolute Gasteiger partial charge is 0.251 e. The van der Waals surface area contributed by atoms with Gasteiger partial charge < -0.3 is 10.1 Å². The zero-order valence-corrected chi connectivity index (χ0v) is 12.0. The molecule has 1 saturated heterocycles. The lowest BCUT2D eigenvalue weighted by atomic mass is 10.1. The summed E-state index contributed by atoms with van der Waals surface area (Å²) in [5.41, 5.74) is 1.80. The number of carbonyl (C=O) groups is 1. The number of hydrogen-bond donors (Lipinski definition) is 1. The minimum Gasteiger partial charge on any atom is -0.376 e. The lowest BCUT2D eigenvalue weighted by Crippen LogP contribution is -2.32. The van der Waals surface area contributed by atoms with E-state index in [1.54, 1.807) is 0 Å². The fraction of sp³-hybridized carbons (Fsp3) is 0.462. The molecule has 1 aliphatic rings. The van der Waals surface area contributed by atoms with Crippen molar-refractivity contribution in [3.63, 3.8) is 0 Å². The van der Waals surface area contributed by atoms with Crippen LogP contribution < -0.4 is 5.32 Å². The van der Waals surface area contributed by atoms with Crippen molar-refractivity contribution < 1.29 is 9.53 Å². The van der Waals surface area contributed by atoms with Crippen molar-refractivity contribution in [2.75, 3.05) is 13.2 Å². The molecular formula is C13H16INO2. The van der Waals surface area contributed by atoms with Crippen LogP contribution in [0, 0.1) is 10.5 Å². The van der Waals surface area contributed by atoms with Crippen LogP contribution in [0.15, 0.2) is 18.2 Å². The van der Waals surface area contributed by atoms with E-state index in [1.807, 2.05) is 25.1 Å². The minimum atomic E-state index is -0.00323. The minimum absolute atomic E-state index is 0.00323. The fourth-order valence-corrected chi connectivity index (χ4v) is 2.46. The molecule has 3 nitrogen and oxygen atoms in total. The Balaban J connectivity index is 1.97. The molecule has 0 radical (unpaired) electrons. The van der Waals surface area contributed by atoms with Crippen molar-refractivity contribution in [3.05, 3.63) is 32.9 Å². The number of halogens is 1. The second kappa shape index (κ2) is 5.82. The Morgan fingerprint density at radius 2 is 2.41 bits per heavy atom. The van der Waals surface area contributed by atoms with E-state index in [2.05, 4.69) is 27.9 Å². The predicted molar refractivity (Wildman–Crippen MR) is 75.2 cm³/mol. The zero-order chi connectivity index (χ0) is 12.3. The molecule has 4 heteroatoms. The van der Waals surface area contributed by atoms with E-state index in [4.69, 9.17) is 4.74 Å². The molecule has 0 aromatic heterocycles. The summed E-state index contributed by atoms with van der Waals surface area (Å²) in [7, 11) is 0. The Labute approximate surface area is 115 Å². The number of rotatable bonds is 3. The molecule has 92 valence electrons. The van der Waals surface area contributed by atoms with Gasteiger partial charge in [0.25, 0.3) is 5.91 Å². The Kier molecular flexibility index (Phi) is 4.39. The first-order chi connectivity index (χ1) is 8.18. The molecule has 1 unspecified atom stereocenters. The highest BCUT2D eigenvalue weighted by Gasteiger charge is 2.17. The highest BCUT2D eigenvalue weighted by atomic mass is 127. The summed E-state index contributed by atoms with van der Waals surface area (Å²) in [6.45, 7) is 3.41. The molecule has 0 aliphatic carbocycles. The van der Waals surface area contributed by atoms with E-state index < -0.39 is 0 Å². The molecule has 2 rings (SSSR count). The van der Waals surface area contributed by atoms with Gasteiger partial charge in [0.15, 0.2) is 0 Å². The van der Waals surface area contributed by atoms with Gasteiger partial charge in [-0.1, -0.05) is 6.07 Å². The first-order valence-corrected chi connectivity index (χ1v) is 6.91. The predicted octanol–water partition coefficient (Wildman–Crippen LogP) is 2.51. The van der Waals surface area contributed by atoms with Gasteiger partial charge in [-0.15, -0.1) is 0 Å². The molecular weight excluding hydrogens is 329 g/mol. The molecule has 1 atom stereocenters. The van der Waals surface area contributed by atoms with Crippen LogP contribution in [0.3, 0.4) is 0 Å². The van der Waals surface area contributed by atoms with Gasteiger partial charge in [-0.2, -0.15) is 0 Å². The van der Waals surface area contributed by atoms with E-state index in [0.717, 1.165) is 34.1 Å². The van der Waals surface area contributed by atoms with Crippen LogP contribution in [0.1, 0.15) is 28.8 Å².